The van der Waals surface area contributed by atoms with Crippen molar-refractivity contribution in [1.82, 2.24) is 0 Å². The van der Waals surface area contributed by atoms with Gasteiger partial charge >= 0.3 is 0 Å². The minimum atomic E-state index is 0.0458. The third-order valence-corrected chi connectivity index (χ3v) is 4.35. The van der Waals surface area contributed by atoms with Gasteiger partial charge in [0, 0.05) is 11.1 Å². The van der Waals surface area contributed by atoms with Crippen LogP contribution in [0.1, 0.15) is 84.8 Å². The van der Waals surface area contributed by atoms with Gasteiger partial charge < -0.3 is 0 Å². The van der Waals surface area contributed by atoms with Crippen LogP contribution in [0.15, 0.2) is 35.3 Å². The third kappa shape index (κ3) is 4.56. The van der Waals surface area contributed by atoms with Crippen molar-refractivity contribution in [1.29, 1.82) is 0 Å². The van der Waals surface area contributed by atoms with E-state index in [4.69, 9.17) is 4.99 Å². The number of benzene rings is 1. The smallest absolute Gasteiger partial charge is 0.0698 e. The molecule has 0 radical (unpaired) electrons. The van der Waals surface area contributed by atoms with E-state index in [1.807, 2.05) is 0 Å². The fraction of sp³-hybridized carbons (Fsp3) is 0.571. The largest absolute Gasteiger partial charge is 0.257 e. The van der Waals surface area contributed by atoms with Crippen LogP contribution in [0.3, 0.4) is 0 Å². The average Bonchev–Trinajstić information content (AvgIpc) is 2.36. The van der Waals surface area contributed by atoms with Crippen molar-refractivity contribution in [3.8, 4) is 0 Å². The monoisotopic (exact) mass is 299 g/mol. The van der Waals surface area contributed by atoms with Crippen molar-refractivity contribution in [3.05, 3.63) is 41.5 Å². The zero-order chi connectivity index (χ0) is 17.1. The lowest BCUT2D eigenvalue weighted by Crippen LogP contribution is -2.21. The summed E-state index contributed by atoms with van der Waals surface area (Å²) in [6, 6.07) is 6.60. The first-order valence-electron chi connectivity index (χ1n) is 8.39. The summed E-state index contributed by atoms with van der Waals surface area (Å²) in [5.41, 5.74) is 6.31. The van der Waals surface area contributed by atoms with Gasteiger partial charge in [0.1, 0.15) is 0 Å². The maximum absolute atomic E-state index is 5.10. The predicted octanol–water partition coefficient (Wildman–Crippen LogP) is 7.02. The summed E-state index contributed by atoms with van der Waals surface area (Å²) < 4.78 is 0. The average molecular weight is 300 g/mol. The van der Waals surface area contributed by atoms with Crippen LogP contribution in [-0.4, -0.2) is 5.71 Å². The molecule has 0 aromatic heterocycles. The SMILES string of the molecule is C=C(C)CC(C)(C)C(C)=Nc1c(C(C)C)cccc1C(C)C. The van der Waals surface area contributed by atoms with Gasteiger partial charge in [-0.15, -0.1) is 6.58 Å². The van der Waals surface area contributed by atoms with Crippen molar-refractivity contribution < 1.29 is 0 Å². The normalized spacial score (nSPS) is 13.1. The number of hydrogen-bond donors (Lipinski definition) is 0. The molecular formula is C21H33N. The lowest BCUT2D eigenvalue weighted by Gasteiger charge is -2.26. The molecule has 1 aromatic carbocycles. The maximum Gasteiger partial charge on any atom is 0.0698 e. The molecule has 0 aliphatic rings. The Morgan fingerprint density at radius 3 is 1.86 bits per heavy atom. The quantitative estimate of drug-likeness (QED) is 0.395. The van der Waals surface area contributed by atoms with Gasteiger partial charge in [0.2, 0.25) is 0 Å². The third-order valence-electron chi connectivity index (χ3n) is 4.35. The Labute approximate surface area is 137 Å². The number of allylic oxidation sites excluding steroid dienone is 1. The van der Waals surface area contributed by atoms with E-state index in [0.717, 1.165) is 6.42 Å². The molecule has 1 nitrogen and oxygen atoms in total. The second kappa shape index (κ2) is 7.26. The van der Waals surface area contributed by atoms with E-state index >= 15 is 0 Å². The Morgan fingerprint density at radius 1 is 1.05 bits per heavy atom. The summed E-state index contributed by atoms with van der Waals surface area (Å²) >= 11 is 0. The standard InChI is InChI=1S/C21H33N/c1-14(2)13-21(8,9)17(7)22-20-18(15(3)4)11-10-12-19(20)16(5)6/h10-12,15-16H,1,13H2,2-9H3. The molecule has 22 heavy (non-hydrogen) atoms. The first-order valence-corrected chi connectivity index (χ1v) is 8.39. The minimum Gasteiger partial charge on any atom is -0.257 e. The Hall–Kier alpha value is -1.37. The van der Waals surface area contributed by atoms with Crippen molar-refractivity contribution in [2.45, 2.75) is 73.6 Å². The highest BCUT2D eigenvalue weighted by Gasteiger charge is 2.23. The van der Waals surface area contributed by atoms with Crippen LogP contribution in [0, 0.1) is 5.41 Å². The molecule has 122 valence electrons. The zero-order valence-electron chi connectivity index (χ0n) is 15.7. The molecule has 0 atom stereocenters. The Bertz CT molecular complexity index is 533. The molecule has 1 aromatic rings. The molecule has 1 rings (SSSR count). The molecule has 0 heterocycles. The van der Waals surface area contributed by atoms with Crippen molar-refractivity contribution in [3.63, 3.8) is 0 Å². The maximum atomic E-state index is 5.10. The molecule has 0 unspecified atom stereocenters. The van der Waals surface area contributed by atoms with Gasteiger partial charge in [0.15, 0.2) is 0 Å². The highest BCUT2D eigenvalue weighted by atomic mass is 14.8. The molecule has 0 spiro atoms. The van der Waals surface area contributed by atoms with Crippen LogP contribution in [0.4, 0.5) is 5.69 Å². The van der Waals surface area contributed by atoms with E-state index in [2.05, 4.69) is 80.2 Å². The van der Waals surface area contributed by atoms with Crippen LogP contribution < -0.4 is 0 Å². The van der Waals surface area contributed by atoms with Crippen LogP contribution >= 0.6 is 0 Å². The van der Waals surface area contributed by atoms with Gasteiger partial charge in [-0.25, -0.2) is 0 Å². The fourth-order valence-corrected chi connectivity index (χ4v) is 2.84. The minimum absolute atomic E-state index is 0.0458. The van der Waals surface area contributed by atoms with Crippen LogP contribution in [-0.2, 0) is 0 Å². The van der Waals surface area contributed by atoms with Gasteiger partial charge in [-0.3, -0.25) is 4.99 Å². The molecule has 0 fully saturated rings. The van der Waals surface area contributed by atoms with Crippen molar-refractivity contribution >= 4 is 11.4 Å². The Balaban J connectivity index is 3.41. The molecule has 0 aliphatic carbocycles. The topological polar surface area (TPSA) is 12.4 Å². The van der Waals surface area contributed by atoms with Crippen LogP contribution in [0.2, 0.25) is 0 Å². The number of hydrogen-bond acceptors (Lipinski definition) is 1. The van der Waals surface area contributed by atoms with E-state index < -0.39 is 0 Å². The molecule has 0 aliphatic heterocycles. The second-order valence-electron chi connectivity index (χ2n) is 7.81. The van der Waals surface area contributed by atoms with Gasteiger partial charge in [-0.2, -0.15) is 0 Å². The molecule has 0 bridgehead atoms. The molecule has 0 saturated heterocycles. The fourth-order valence-electron chi connectivity index (χ4n) is 2.84. The first kappa shape index (κ1) is 18.7. The summed E-state index contributed by atoms with van der Waals surface area (Å²) in [7, 11) is 0. The highest BCUT2D eigenvalue weighted by Crippen LogP contribution is 2.37. The first-order chi connectivity index (χ1) is 10.1. The van der Waals surface area contributed by atoms with E-state index in [1.165, 1.54) is 28.1 Å². The molecule has 0 saturated carbocycles. The van der Waals surface area contributed by atoms with Crippen LogP contribution in [0.25, 0.3) is 0 Å². The van der Waals surface area contributed by atoms with Gasteiger partial charge in [0.25, 0.3) is 0 Å². The zero-order valence-corrected chi connectivity index (χ0v) is 15.7. The van der Waals surface area contributed by atoms with E-state index in [1.54, 1.807) is 0 Å². The summed E-state index contributed by atoms with van der Waals surface area (Å²) in [6.45, 7) is 21.8. The number of para-hydroxylation sites is 1. The van der Waals surface area contributed by atoms with Gasteiger partial charge in [-0.1, -0.05) is 65.3 Å². The lowest BCUT2D eigenvalue weighted by atomic mass is 9.82. The van der Waals surface area contributed by atoms with Crippen molar-refractivity contribution in [2.24, 2.45) is 10.4 Å². The predicted molar refractivity (Wildman–Crippen MR) is 101 cm³/mol. The lowest BCUT2D eigenvalue weighted by molar-refractivity contribution is 0.515. The van der Waals surface area contributed by atoms with E-state index in [-0.39, 0.29) is 5.41 Å². The number of aliphatic imine (C=N–C) groups is 1. The molecule has 0 amide bonds. The summed E-state index contributed by atoms with van der Waals surface area (Å²) in [4.78, 5) is 5.10. The summed E-state index contributed by atoms with van der Waals surface area (Å²) in [5.74, 6) is 0.962. The second-order valence-corrected chi connectivity index (χ2v) is 7.81. The Kier molecular flexibility index (Phi) is 6.17. The molecule has 1 heteroatoms. The van der Waals surface area contributed by atoms with Crippen LogP contribution in [0.5, 0.6) is 0 Å². The summed E-state index contributed by atoms with van der Waals surface area (Å²) in [5, 5.41) is 0. The number of nitrogens with zero attached hydrogens (tertiary/aromatic N) is 1. The van der Waals surface area contributed by atoms with E-state index in [0.29, 0.717) is 11.8 Å². The van der Waals surface area contributed by atoms with Gasteiger partial charge in [0.05, 0.1) is 5.69 Å². The Morgan fingerprint density at radius 2 is 1.50 bits per heavy atom. The van der Waals surface area contributed by atoms with Gasteiger partial charge in [-0.05, 0) is 43.2 Å². The summed E-state index contributed by atoms with van der Waals surface area (Å²) in [6.07, 6.45) is 0.975. The highest BCUT2D eigenvalue weighted by molar-refractivity contribution is 5.90. The van der Waals surface area contributed by atoms with Crippen molar-refractivity contribution in [2.75, 3.05) is 0 Å². The molecular weight excluding hydrogens is 266 g/mol. The van der Waals surface area contributed by atoms with E-state index in [9.17, 15) is 0 Å². The number of rotatable bonds is 6. The molecule has 0 N–H and O–H groups in total.